The number of amides is 1. The standard InChI is InChI=1S/C19H24ClN3OS.ClH/c1-23-17(13-25-19(23)22-16-5-3-2-4-6-16)11-18(24)21-12-14-7-9-15(20)10-8-14;/h7-10,13,16H,2-6,11-12H2,1H3,(H,21,24);1H. The number of thiazole rings is 1. The molecule has 1 amide bonds. The van der Waals surface area contributed by atoms with Gasteiger partial charge < -0.3 is 9.88 Å². The van der Waals surface area contributed by atoms with E-state index in [0.29, 0.717) is 24.0 Å². The first-order valence-corrected chi connectivity index (χ1v) is 10.1. The molecule has 3 rings (SSSR count). The van der Waals surface area contributed by atoms with Crippen LogP contribution < -0.4 is 10.1 Å². The van der Waals surface area contributed by atoms with E-state index in [1.807, 2.05) is 36.7 Å². The highest BCUT2D eigenvalue weighted by molar-refractivity contribution is 7.07. The molecule has 1 aliphatic carbocycles. The van der Waals surface area contributed by atoms with Crippen LogP contribution in [-0.4, -0.2) is 16.5 Å². The topological polar surface area (TPSA) is 46.4 Å². The lowest BCUT2D eigenvalue weighted by Gasteiger charge is -2.16. The lowest BCUT2D eigenvalue weighted by molar-refractivity contribution is -0.120. The van der Waals surface area contributed by atoms with Crippen LogP contribution in [0.4, 0.5) is 0 Å². The van der Waals surface area contributed by atoms with Crippen molar-refractivity contribution in [1.82, 2.24) is 9.88 Å². The molecule has 1 fully saturated rings. The molecule has 1 heterocycles. The van der Waals surface area contributed by atoms with Crippen molar-refractivity contribution in [3.05, 3.63) is 50.7 Å². The number of carbonyl (C=O) groups excluding carboxylic acids is 1. The molecular weight excluding hydrogens is 389 g/mol. The third-order valence-corrected chi connectivity index (χ3v) is 5.86. The van der Waals surface area contributed by atoms with Crippen LogP contribution in [0.5, 0.6) is 0 Å². The predicted octanol–water partition coefficient (Wildman–Crippen LogP) is 4.25. The lowest BCUT2D eigenvalue weighted by atomic mass is 9.96. The molecule has 4 nitrogen and oxygen atoms in total. The van der Waals surface area contributed by atoms with Gasteiger partial charge in [0.05, 0.1) is 12.5 Å². The first-order chi connectivity index (χ1) is 12.1. The van der Waals surface area contributed by atoms with Gasteiger partial charge in [0.1, 0.15) is 0 Å². The molecule has 2 aromatic rings. The first kappa shape index (κ1) is 21.0. The second-order valence-corrected chi connectivity index (χ2v) is 7.84. The fourth-order valence-corrected chi connectivity index (χ4v) is 4.17. The largest absolute Gasteiger partial charge is 0.352 e. The third kappa shape index (κ3) is 5.86. The molecule has 1 aromatic heterocycles. The van der Waals surface area contributed by atoms with Gasteiger partial charge in [-0.2, -0.15) is 0 Å². The van der Waals surface area contributed by atoms with Gasteiger partial charge in [-0.05, 0) is 30.5 Å². The third-order valence-electron chi connectivity index (χ3n) is 4.63. The van der Waals surface area contributed by atoms with Gasteiger partial charge in [0, 0.05) is 29.7 Å². The minimum absolute atomic E-state index is 0. The first-order valence-electron chi connectivity index (χ1n) is 8.80. The summed E-state index contributed by atoms with van der Waals surface area (Å²) in [7, 11) is 2.00. The maximum atomic E-state index is 12.2. The maximum absolute atomic E-state index is 12.2. The van der Waals surface area contributed by atoms with Crippen LogP contribution in [0.25, 0.3) is 0 Å². The summed E-state index contributed by atoms with van der Waals surface area (Å²) < 4.78 is 2.06. The van der Waals surface area contributed by atoms with Gasteiger partial charge in [0.2, 0.25) is 5.91 Å². The molecule has 0 bridgehead atoms. The van der Waals surface area contributed by atoms with Crippen molar-refractivity contribution in [2.24, 2.45) is 12.0 Å². The number of carbonyl (C=O) groups is 1. The Kier molecular flexibility index (Phi) is 8.19. The zero-order chi connectivity index (χ0) is 17.6. The molecule has 0 atom stereocenters. The molecule has 26 heavy (non-hydrogen) atoms. The SMILES string of the molecule is Cl.Cn1c(CC(=O)NCc2ccc(Cl)cc2)csc1=NC1CCCCC1. The Balaban J connectivity index is 0.00000243. The van der Waals surface area contributed by atoms with Gasteiger partial charge in [-0.1, -0.05) is 43.0 Å². The number of hydrogen-bond donors (Lipinski definition) is 1. The van der Waals surface area contributed by atoms with Crippen molar-refractivity contribution in [2.45, 2.75) is 51.1 Å². The number of rotatable bonds is 5. The van der Waals surface area contributed by atoms with E-state index in [9.17, 15) is 4.79 Å². The summed E-state index contributed by atoms with van der Waals surface area (Å²) in [6.45, 7) is 0.517. The highest BCUT2D eigenvalue weighted by Gasteiger charge is 2.13. The molecule has 0 spiro atoms. The van der Waals surface area contributed by atoms with Gasteiger partial charge >= 0.3 is 0 Å². The van der Waals surface area contributed by atoms with Crippen molar-refractivity contribution in [3.63, 3.8) is 0 Å². The highest BCUT2D eigenvalue weighted by Crippen LogP contribution is 2.20. The molecular formula is C19H25Cl2N3OS. The molecule has 0 aliphatic heterocycles. The Morgan fingerprint density at radius 3 is 2.65 bits per heavy atom. The van der Waals surface area contributed by atoms with E-state index in [0.717, 1.165) is 16.1 Å². The van der Waals surface area contributed by atoms with Gasteiger partial charge in [-0.3, -0.25) is 9.79 Å². The Hall–Kier alpha value is -1.30. The number of aromatic nitrogens is 1. The van der Waals surface area contributed by atoms with E-state index in [4.69, 9.17) is 16.6 Å². The number of benzene rings is 1. The zero-order valence-corrected chi connectivity index (χ0v) is 17.3. The molecule has 0 saturated heterocycles. The molecule has 0 unspecified atom stereocenters. The van der Waals surface area contributed by atoms with E-state index in [1.165, 1.54) is 32.1 Å². The fourth-order valence-electron chi connectivity index (χ4n) is 3.08. The van der Waals surface area contributed by atoms with Gasteiger partial charge in [-0.15, -0.1) is 23.7 Å². The molecule has 7 heteroatoms. The molecule has 142 valence electrons. The van der Waals surface area contributed by atoms with Crippen molar-refractivity contribution >= 4 is 41.3 Å². The quantitative estimate of drug-likeness (QED) is 0.781. The van der Waals surface area contributed by atoms with Gasteiger partial charge in [0.15, 0.2) is 4.80 Å². The summed E-state index contributed by atoms with van der Waals surface area (Å²) in [5.41, 5.74) is 2.05. The summed E-state index contributed by atoms with van der Waals surface area (Å²) >= 11 is 7.50. The summed E-state index contributed by atoms with van der Waals surface area (Å²) in [5, 5.41) is 5.71. The van der Waals surface area contributed by atoms with E-state index < -0.39 is 0 Å². The minimum atomic E-state index is 0. The van der Waals surface area contributed by atoms with E-state index in [1.54, 1.807) is 11.3 Å². The second-order valence-electron chi connectivity index (χ2n) is 6.57. The molecule has 0 radical (unpaired) electrons. The summed E-state index contributed by atoms with van der Waals surface area (Å²) in [6.07, 6.45) is 6.65. The van der Waals surface area contributed by atoms with Crippen LogP contribution in [-0.2, 0) is 24.8 Å². The van der Waals surface area contributed by atoms with Crippen LogP contribution in [0.15, 0.2) is 34.6 Å². The van der Waals surface area contributed by atoms with Crippen molar-refractivity contribution in [1.29, 1.82) is 0 Å². The maximum Gasteiger partial charge on any atom is 0.226 e. The van der Waals surface area contributed by atoms with Crippen LogP contribution in [0.2, 0.25) is 5.02 Å². The van der Waals surface area contributed by atoms with E-state index >= 15 is 0 Å². The average molecular weight is 414 g/mol. The van der Waals surface area contributed by atoms with Crippen LogP contribution in [0, 0.1) is 0 Å². The normalized spacial score (nSPS) is 15.5. The predicted molar refractivity (Wildman–Crippen MR) is 110 cm³/mol. The summed E-state index contributed by atoms with van der Waals surface area (Å²) in [4.78, 5) is 18.1. The summed E-state index contributed by atoms with van der Waals surface area (Å²) in [6, 6.07) is 7.97. The molecule has 1 saturated carbocycles. The minimum Gasteiger partial charge on any atom is -0.352 e. The zero-order valence-electron chi connectivity index (χ0n) is 14.9. The van der Waals surface area contributed by atoms with Crippen LogP contribution in [0.1, 0.15) is 43.4 Å². The van der Waals surface area contributed by atoms with Crippen LogP contribution >= 0.6 is 35.3 Å². The number of halogens is 2. The van der Waals surface area contributed by atoms with Crippen LogP contribution in [0.3, 0.4) is 0 Å². The van der Waals surface area contributed by atoms with Gasteiger partial charge in [0.25, 0.3) is 0 Å². The van der Waals surface area contributed by atoms with Crippen molar-refractivity contribution in [3.8, 4) is 0 Å². The molecule has 1 aliphatic rings. The van der Waals surface area contributed by atoms with Crippen molar-refractivity contribution < 1.29 is 4.79 Å². The second kappa shape index (κ2) is 10.1. The number of nitrogens with one attached hydrogen (secondary N) is 1. The number of hydrogen-bond acceptors (Lipinski definition) is 3. The highest BCUT2D eigenvalue weighted by atomic mass is 35.5. The fraction of sp³-hybridized carbons (Fsp3) is 0.474. The molecule has 1 N–H and O–H groups in total. The monoisotopic (exact) mass is 413 g/mol. The molecule has 1 aromatic carbocycles. The van der Waals surface area contributed by atoms with E-state index in [-0.39, 0.29) is 18.3 Å². The van der Waals surface area contributed by atoms with E-state index in [2.05, 4.69) is 9.88 Å². The van der Waals surface area contributed by atoms with Crippen molar-refractivity contribution in [2.75, 3.05) is 0 Å². The average Bonchev–Trinajstić information content (AvgIpc) is 2.95. The Morgan fingerprint density at radius 2 is 1.96 bits per heavy atom. The smallest absolute Gasteiger partial charge is 0.226 e. The Morgan fingerprint density at radius 1 is 1.27 bits per heavy atom. The lowest BCUT2D eigenvalue weighted by Crippen LogP contribution is -2.26. The number of nitrogens with zero attached hydrogens (tertiary/aromatic N) is 2. The Labute approximate surface area is 169 Å². The Bertz CT molecular complexity index is 777. The van der Waals surface area contributed by atoms with Gasteiger partial charge in [-0.25, -0.2) is 0 Å². The summed E-state index contributed by atoms with van der Waals surface area (Å²) in [5.74, 6) is 0.0209.